The van der Waals surface area contributed by atoms with Gasteiger partial charge in [0, 0.05) is 11.1 Å². The van der Waals surface area contributed by atoms with Crippen molar-refractivity contribution in [3.63, 3.8) is 0 Å². The Bertz CT molecular complexity index is 354. The molecule has 0 nitrogen and oxygen atoms in total. The first kappa shape index (κ1) is 11.3. The fourth-order valence-corrected chi connectivity index (χ4v) is 2.43. The van der Waals surface area contributed by atoms with E-state index in [0.717, 1.165) is 35.8 Å². The largest absolute Gasteiger partial charge is 0.0837 e. The van der Waals surface area contributed by atoms with Crippen LogP contribution in [0.25, 0.3) is 0 Å². The molecule has 1 aromatic rings. The molecule has 1 fully saturated rings. The van der Waals surface area contributed by atoms with Crippen molar-refractivity contribution in [2.75, 3.05) is 0 Å². The maximum atomic E-state index is 6.36. The summed E-state index contributed by atoms with van der Waals surface area (Å²) >= 11 is 12.5. The number of hydrogen-bond donors (Lipinski definition) is 0. The maximum absolute atomic E-state index is 6.36. The molecule has 0 aromatic heterocycles. The molecule has 0 unspecified atom stereocenters. The van der Waals surface area contributed by atoms with Gasteiger partial charge in [-0.2, -0.15) is 0 Å². The van der Waals surface area contributed by atoms with Gasteiger partial charge in [-0.05, 0) is 48.8 Å². The number of benzene rings is 1. The Kier molecular flexibility index (Phi) is 3.58. The van der Waals surface area contributed by atoms with Gasteiger partial charge in [0.25, 0.3) is 0 Å². The van der Waals surface area contributed by atoms with E-state index >= 15 is 0 Å². The highest BCUT2D eigenvalue weighted by atomic mass is 35.5. The molecule has 1 aromatic carbocycles. The number of hydrogen-bond acceptors (Lipinski definition) is 0. The van der Waals surface area contributed by atoms with Crippen molar-refractivity contribution >= 4 is 23.2 Å². The average Bonchev–Trinajstić information content (AvgIpc) is 3.01. The van der Waals surface area contributed by atoms with Crippen LogP contribution >= 0.6 is 23.2 Å². The van der Waals surface area contributed by atoms with Gasteiger partial charge in [-0.25, -0.2) is 0 Å². The summed E-state index contributed by atoms with van der Waals surface area (Å²) < 4.78 is 0. The number of halogens is 2. The Morgan fingerprint density at radius 3 is 2.73 bits per heavy atom. The summed E-state index contributed by atoms with van der Waals surface area (Å²) in [4.78, 5) is 0. The molecule has 0 atom stereocenters. The molecule has 81 valence electrons. The zero-order valence-electron chi connectivity index (χ0n) is 8.95. The summed E-state index contributed by atoms with van der Waals surface area (Å²) in [7, 11) is 0. The third-order valence-electron chi connectivity index (χ3n) is 2.89. The molecular formula is C13H15Cl2. The van der Waals surface area contributed by atoms with Crippen molar-refractivity contribution in [1.29, 1.82) is 0 Å². The van der Waals surface area contributed by atoms with Gasteiger partial charge in [0.15, 0.2) is 0 Å². The Hall–Kier alpha value is -0.200. The first-order valence-corrected chi connectivity index (χ1v) is 6.35. The van der Waals surface area contributed by atoms with Crippen LogP contribution in [-0.2, 0) is 12.8 Å². The van der Waals surface area contributed by atoms with E-state index in [9.17, 15) is 0 Å². The molecule has 15 heavy (non-hydrogen) atoms. The third-order valence-corrected chi connectivity index (χ3v) is 3.70. The lowest BCUT2D eigenvalue weighted by Crippen LogP contribution is -1.95. The van der Waals surface area contributed by atoms with Gasteiger partial charge in [0.2, 0.25) is 0 Å². The Balaban J connectivity index is 2.27. The summed E-state index contributed by atoms with van der Waals surface area (Å²) in [5.74, 6) is 0.810. The third kappa shape index (κ3) is 2.68. The van der Waals surface area contributed by atoms with Crippen LogP contribution in [0, 0.1) is 12.0 Å². The Morgan fingerprint density at radius 2 is 2.13 bits per heavy atom. The zero-order chi connectivity index (χ0) is 10.8. The van der Waals surface area contributed by atoms with E-state index < -0.39 is 0 Å². The molecule has 0 amide bonds. The monoisotopic (exact) mass is 241 g/mol. The summed E-state index contributed by atoms with van der Waals surface area (Å²) in [6.45, 7) is 2.16. The molecule has 0 aliphatic heterocycles. The number of rotatable bonds is 4. The number of aryl methyl sites for hydroxylation is 1. The average molecular weight is 242 g/mol. The fraction of sp³-hybridized carbons (Fsp3) is 0.538. The molecule has 2 rings (SSSR count). The summed E-state index contributed by atoms with van der Waals surface area (Å²) in [5, 5.41) is 1.60. The van der Waals surface area contributed by atoms with Crippen molar-refractivity contribution in [2.24, 2.45) is 5.92 Å². The highest BCUT2D eigenvalue weighted by molar-refractivity contribution is 6.36. The van der Waals surface area contributed by atoms with E-state index in [4.69, 9.17) is 23.2 Å². The lowest BCUT2D eigenvalue weighted by Gasteiger charge is -2.10. The smallest absolute Gasteiger partial charge is 0.0532 e. The summed E-state index contributed by atoms with van der Waals surface area (Å²) in [6.07, 6.45) is 5.81. The van der Waals surface area contributed by atoms with Crippen molar-refractivity contribution < 1.29 is 0 Å². The van der Waals surface area contributed by atoms with Crippen LogP contribution in [0.4, 0.5) is 0 Å². The molecule has 1 aliphatic rings. The maximum Gasteiger partial charge on any atom is 0.0532 e. The van der Waals surface area contributed by atoms with Crippen molar-refractivity contribution in [2.45, 2.75) is 39.0 Å². The van der Waals surface area contributed by atoms with E-state index in [0.29, 0.717) is 5.02 Å². The predicted octanol–water partition coefficient (Wildman–Crippen LogP) is 4.70. The minimum Gasteiger partial charge on any atom is -0.0837 e. The summed E-state index contributed by atoms with van der Waals surface area (Å²) in [5.41, 5.74) is 2.31. The van der Waals surface area contributed by atoms with Crippen LogP contribution in [0.5, 0.6) is 0 Å². The van der Waals surface area contributed by atoms with Gasteiger partial charge in [-0.1, -0.05) is 36.5 Å². The topological polar surface area (TPSA) is 0 Å². The minimum absolute atomic E-state index is 0.715. The second-order valence-corrected chi connectivity index (χ2v) is 5.07. The van der Waals surface area contributed by atoms with Gasteiger partial charge >= 0.3 is 0 Å². The van der Waals surface area contributed by atoms with Crippen molar-refractivity contribution in [3.8, 4) is 0 Å². The fourth-order valence-electron chi connectivity index (χ4n) is 1.83. The van der Waals surface area contributed by atoms with Crippen LogP contribution in [-0.4, -0.2) is 0 Å². The van der Waals surface area contributed by atoms with Gasteiger partial charge in [0.1, 0.15) is 0 Å². The highest BCUT2D eigenvalue weighted by Crippen LogP contribution is 2.38. The van der Waals surface area contributed by atoms with Crippen LogP contribution in [0.2, 0.25) is 10.0 Å². The molecule has 1 radical (unpaired) electrons. The summed E-state index contributed by atoms with van der Waals surface area (Å²) in [6, 6.07) is 5.04. The quantitative estimate of drug-likeness (QED) is 0.717. The lowest BCUT2D eigenvalue weighted by molar-refractivity contribution is 0.827. The first-order chi connectivity index (χ1) is 7.22. The van der Waals surface area contributed by atoms with E-state index in [1.165, 1.54) is 18.4 Å². The van der Waals surface area contributed by atoms with E-state index in [2.05, 4.69) is 13.0 Å². The van der Waals surface area contributed by atoms with Gasteiger partial charge in [0.05, 0.1) is 5.02 Å². The molecule has 0 spiro atoms. The normalized spacial score (nSPS) is 15.7. The molecule has 0 saturated heterocycles. The van der Waals surface area contributed by atoms with E-state index in [1.54, 1.807) is 0 Å². The molecule has 1 saturated carbocycles. The Morgan fingerprint density at radius 1 is 1.40 bits per heavy atom. The highest BCUT2D eigenvalue weighted by Gasteiger charge is 2.24. The van der Waals surface area contributed by atoms with E-state index in [1.807, 2.05) is 6.07 Å². The molecule has 0 heterocycles. The van der Waals surface area contributed by atoms with Crippen LogP contribution in [0.15, 0.2) is 6.07 Å². The van der Waals surface area contributed by atoms with Gasteiger partial charge in [-0.3, -0.25) is 0 Å². The molecule has 0 bridgehead atoms. The predicted molar refractivity (Wildman–Crippen MR) is 65.7 cm³/mol. The van der Waals surface area contributed by atoms with Crippen LogP contribution < -0.4 is 0 Å². The van der Waals surface area contributed by atoms with E-state index in [-0.39, 0.29) is 0 Å². The van der Waals surface area contributed by atoms with Gasteiger partial charge in [-0.15, -0.1) is 0 Å². The zero-order valence-corrected chi connectivity index (χ0v) is 10.5. The second-order valence-electron chi connectivity index (χ2n) is 4.32. The minimum atomic E-state index is 0.715. The van der Waals surface area contributed by atoms with Crippen molar-refractivity contribution in [1.82, 2.24) is 0 Å². The molecular weight excluding hydrogens is 227 g/mol. The van der Waals surface area contributed by atoms with Crippen molar-refractivity contribution in [3.05, 3.63) is 33.3 Å². The van der Waals surface area contributed by atoms with Crippen LogP contribution in [0.1, 0.15) is 37.3 Å². The lowest BCUT2D eigenvalue weighted by atomic mass is 10.0. The molecule has 0 N–H and O–H groups in total. The Labute approximate surface area is 102 Å². The second kappa shape index (κ2) is 4.76. The van der Waals surface area contributed by atoms with Gasteiger partial charge < -0.3 is 0 Å². The standard InChI is InChI=1S/C13H15Cl2/c1-2-3-10-6-7-12(14)11(13(10)15)8-9-4-5-9/h6,9H,2-5,8H2,1H3. The molecule has 2 heteroatoms. The molecule has 1 aliphatic carbocycles. The SMILES string of the molecule is CCCc1c[c]c(Cl)c(CC2CC2)c1Cl. The van der Waals surface area contributed by atoms with Crippen LogP contribution in [0.3, 0.4) is 0 Å². The first-order valence-electron chi connectivity index (χ1n) is 5.59.